The van der Waals surface area contributed by atoms with Crippen LogP contribution < -0.4 is 10.6 Å². The molecule has 8 heteroatoms. The first-order valence-corrected chi connectivity index (χ1v) is 10.1. The minimum atomic E-state index is -4.12. The molecule has 1 aromatic carbocycles. The zero-order valence-corrected chi connectivity index (χ0v) is 17.0. The maximum absolute atomic E-state index is 12.5. The molecule has 1 saturated carbocycles. The Morgan fingerprint density at radius 3 is 2.74 bits per heavy atom. The normalized spacial score (nSPS) is 22.7. The summed E-state index contributed by atoms with van der Waals surface area (Å²) in [5.74, 6) is 0.927. The van der Waals surface area contributed by atoms with Gasteiger partial charge in [-0.25, -0.2) is 0 Å². The molecule has 1 aliphatic carbocycles. The van der Waals surface area contributed by atoms with Crippen molar-refractivity contribution in [3.63, 3.8) is 0 Å². The Morgan fingerprint density at radius 1 is 1.33 bits per heavy atom. The summed E-state index contributed by atoms with van der Waals surface area (Å²) in [6.07, 6.45) is -1.06. The standard InChI is InChI=1S/C19H26BrF3N4/c1-24-17(25-10-14-5-8-27(11-14)13-19(21,22)23)26-12-18(6-7-18)15-3-2-4-16(20)9-15/h2-4,9,14H,5-8,10-13H2,1H3,(H2,24,25,26). The highest BCUT2D eigenvalue weighted by molar-refractivity contribution is 9.10. The molecule has 0 amide bonds. The molecule has 3 rings (SSSR count). The van der Waals surface area contributed by atoms with E-state index in [1.54, 1.807) is 7.05 Å². The van der Waals surface area contributed by atoms with E-state index in [2.05, 4.69) is 49.8 Å². The number of nitrogens with zero attached hydrogens (tertiary/aromatic N) is 2. The molecule has 0 radical (unpaired) electrons. The number of nitrogens with one attached hydrogen (secondary N) is 2. The van der Waals surface area contributed by atoms with E-state index in [0.29, 0.717) is 25.6 Å². The maximum atomic E-state index is 12.5. The third kappa shape index (κ3) is 5.85. The maximum Gasteiger partial charge on any atom is 0.401 e. The zero-order valence-electron chi connectivity index (χ0n) is 15.4. The number of hydrogen-bond acceptors (Lipinski definition) is 2. The van der Waals surface area contributed by atoms with Crippen LogP contribution in [0.25, 0.3) is 0 Å². The Morgan fingerprint density at radius 2 is 2.11 bits per heavy atom. The van der Waals surface area contributed by atoms with E-state index in [1.165, 1.54) is 10.5 Å². The average molecular weight is 447 g/mol. The average Bonchev–Trinajstić information content (AvgIpc) is 3.27. The fraction of sp³-hybridized carbons (Fsp3) is 0.632. The summed E-state index contributed by atoms with van der Waals surface area (Å²) >= 11 is 3.53. The van der Waals surface area contributed by atoms with Crippen molar-refractivity contribution >= 4 is 21.9 Å². The smallest absolute Gasteiger partial charge is 0.356 e. The fourth-order valence-corrected chi connectivity index (χ4v) is 4.13. The van der Waals surface area contributed by atoms with E-state index in [1.807, 2.05) is 6.07 Å². The number of alkyl halides is 3. The SMILES string of the molecule is CN=C(NCC1CCN(CC(F)(F)F)C1)NCC1(c2cccc(Br)c2)CC1. The monoisotopic (exact) mass is 446 g/mol. The lowest BCUT2D eigenvalue weighted by atomic mass is 9.96. The summed E-state index contributed by atoms with van der Waals surface area (Å²) < 4.78 is 38.6. The number of rotatable bonds is 6. The van der Waals surface area contributed by atoms with Crippen molar-refractivity contribution in [2.45, 2.75) is 30.9 Å². The molecule has 1 aliphatic heterocycles. The quantitative estimate of drug-likeness (QED) is 0.518. The van der Waals surface area contributed by atoms with E-state index in [9.17, 15) is 13.2 Å². The van der Waals surface area contributed by atoms with Crippen molar-refractivity contribution in [3.05, 3.63) is 34.3 Å². The minimum Gasteiger partial charge on any atom is -0.356 e. The Balaban J connectivity index is 1.44. The molecule has 1 saturated heterocycles. The number of halogens is 4. The predicted octanol–water partition coefficient (Wildman–Crippen LogP) is 3.53. The number of benzene rings is 1. The topological polar surface area (TPSA) is 39.7 Å². The van der Waals surface area contributed by atoms with Gasteiger partial charge in [0, 0.05) is 36.6 Å². The van der Waals surface area contributed by atoms with Gasteiger partial charge >= 0.3 is 6.18 Å². The number of likely N-dealkylation sites (tertiary alicyclic amines) is 1. The van der Waals surface area contributed by atoms with Crippen LogP contribution in [0.2, 0.25) is 0 Å². The summed E-state index contributed by atoms with van der Waals surface area (Å²) in [6, 6.07) is 8.40. The van der Waals surface area contributed by atoms with Gasteiger partial charge in [-0.1, -0.05) is 28.1 Å². The third-order valence-electron chi connectivity index (χ3n) is 5.44. The molecule has 0 bridgehead atoms. The van der Waals surface area contributed by atoms with E-state index in [4.69, 9.17) is 0 Å². The van der Waals surface area contributed by atoms with Crippen LogP contribution >= 0.6 is 15.9 Å². The van der Waals surface area contributed by atoms with Crippen molar-refractivity contribution in [1.29, 1.82) is 0 Å². The molecule has 4 nitrogen and oxygen atoms in total. The molecule has 2 aliphatic rings. The second-order valence-corrected chi connectivity index (χ2v) is 8.52. The Kier molecular flexibility index (Phi) is 6.35. The van der Waals surface area contributed by atoms with Gasteiger partial charge in [-0.15, -0.1) is 0 Å². The largest absolute Gasteiger partial charge is 0.401 e. The Hall–Kier alpha value is -1.28. The van der Waals surface area contributed by atoms with Gasteiger partial charge in [-0.2, -0.15) is 13.2 Å². The zero-order chi connectivity index (χ0) is 19.5. The third-order valence-corrected chi connectivity index (χ3v) is 5.93. The van der Waals surface area contributed by atoms with Crippen molar-refractivity contribution in [2.24, 2.45) is 10.9 Å². The number of aliphatic imine (C=N–C) groups is 1. The van der Waals surface area contributed by atoms with Gasteiger partial charge in [0.1, 0.15) is 0 Å². The highest BCUT2D eigenvalue weighted by Crippen LogP contribution is 2.48. The van der Waals surface area contributed by atoms with Crippen LogP contribution in [0.5, 0.6) is 0 Å². The van der Waals surface area contributed by atoms with E-state index in [0.717, 1.165) is 30.3 Å². The first-order chi connectivity index (χ1) is 12.8. The molecule has 1 unspecified atom stereocenters. The van der Waals surface area contributed by atoms with E-state index >= 15 is 0 Å². The number of guanidine groups is 1. The molecule has 1 heterocycles. The van der Waals surface area contributed by atoms with Gasteiger partial charge in [0.25, 0.3) is 0 Å². The van der Waals surface area contributed by atoms with Crippen LogP contribution in [0.4, 0.5) is 13.2 Å². The van der Waals surface area contributed by atoms with Crippen molar-refractivity contribution in [3.8, 4) is 0 Å². The molecule has 27 heavy (non-hydrogen) atoms. The first kappa shape index (κ1) is 20.5. The molecule has 0 spiro atoms. The van der Waals surface area contributed by atoms with Crippen LogP contribution in [0.1, 0.15) is 24.8 Å². The van der Waals surface area contributed by atoms with Crippen molar-refractivity contribution in [1.82, 2.24) is 15.5 Å². The Bertz CT molecular complexity index is 673. The number of hydrogen-bond donors (Lipinski definition) is 2. The van der Waals surface area contributed by atoms with Crippen LogP contribution in [-0.2, 0) is 5.41 Å². The lowest BCUT2D eigenvalue weighted by molar-refractivity contribution is -0.143. The van der Waals surface area contributed by atoms with Crippen LogP contribution in [0.15, 0.2) is 33.7 Å². The van der Waals surface area contributed by atoms with Crippen LogP contribution in [0.3, 0.4) is 0 Å². The predicted molar refractivity (Wildman–Crippen MR) is 105 cm³/mol. The minimum absolute atomic E-state index is 0.151. The Labute approximate surface area is 166 Å². The molecule has 2 fully saturated rings. The highest BCUT2D eigenvalue weighted by Gasteiger charge is 2.44. The van der Waals surface area contributed by atoms with Gasteiger partial charge in [0.05, 0.1) is 6.54 Å². The molecule has 1 aromatic rings. The van der Waals surface area contributed by atoms with Crippen molar-refractivity contribution in [2.75, 3.05) is 39.8 Å². The van der Waals surface area contributed by atoms with Gasteiger partial charge in [-0.05, 0) is 49.4 Å². The molecule has 0 aromatic heterocycles. The lowest BCUT2D eigenvalue weighted by Crippen LogP contribution is -2.43. The van der Waals surface area contributed by atoms with Crippen LogP contribution in [-0.4, -0.2) is 56.8 Å². The summed E-state index contributed by atoms with van der Waals surface area (Å²) in [5, 5.41) is 6.67. The molecule has 150 valence electrons. The fourth-order valence-electron chi connectivity index (χ4n) is 3.73. The summed E-state index contributed by atoms with van der Waals surface area (Å²) in [7, 11) is 1.72. The summed E-state index contributed by atoms with van der Waals surface area (Å²) in [5.41, 5.74) is 1.47. The summed E-state index contributed by atoms with van der Waals surface area (Å²) in [4.78, 5) is 5.74. The second kappa shape index (κ2) is 8.39. The van der Waals surface area contributed by atoms with Gasteiger partial charge < -0.3 is 10.6 Å². The second-order valence-electron chi connectivity index (χ2n) is 7.60. The van der Waals surface area contributed by atoms with Gasteiger partial charge in [0.2, 0.25) is 0 Å². The van der Waals surface area contributed by atoms with Crippen molar-refractivity contribution < 1.29 is 13.2 Å². The molecule has 2 N–H and O–H groups in total. The molecular formula is C19H26BrF3N4. The van der Waals surface area contributed by atoms with Gasteiger partial charge in [-0.3, -0.25) is 9.89 Å². The first-order valence-electron chi connectivity index (χ1n) is 9.29. The highest BCUT2D eigenvalue weighted by atomic mass is 79.9. The lowest BCUT2D eigenvalue weighted by Gasteiger charge is -2.21. The van der Waals surface area contributed by atoms with Crippen LogP contribution in [0, 0.1) is 5.92 Å². The summed E-state index contributed by atoms with van der Waals surface area (Å²) in [6.45, 7) is 1.60. The van der Waals surface area contributed by atoms with Gasteiger partial charge in [0.15, 0.2) is 5.96 Å². The van der Waals surface area contributed by atoms with E-state index in [-0.39, 0.29) is 11.3 Å². The molecular weight excluding hydrogens is 421 g/mol. The van der Waals surface area contributed by atoms with E-state index < -0.39 is 12.7 Å². The molecule has 1 atom stereocenters.